The number of hydrogen-bond acceptors (Lipinski definition) is 5. The van der Waals surface area contributed by atoms with Crippen molar-refractivity contribution < 1.29 is 15.0 Å². The van der Waals surface area contributed by atoms with Crippen LogP contribution in [0.15, 0.2) is 12.1 Å². The van der Waals surface area contributed by atoms with Gasteiger partial charge in [-0.1, -0.05) is 13.0 Å². The second-order valence-corrected chi connectivity index (χ2v) is 6.30. The highest BCUT2D eigenvalue weighted by Gasteiger charge is 2.17. The number of rotatable bonds is 9. The summed E-state index contributed by atoms with van der Waals surface area (Å²) in [5, 5.41) is 24.3. The Hall–Kier alpha value is -1.66. The molecular weight excluding hydrogens is 294 g/mol. The second-order valence-electron chi connectivity index (χ2n) is 6.30. The Labute approximate surface area is 137 Å². The van der Waals surface area contributed by atoms with Crippen LogP contribution in [0.25, 0.3) is 0 Å². The molecule has 0 spiro atoms. The van der Waals surface area contributed by atoms with Crippen molar-refractivity contribution >= 4 is 11.8 Å². The summed E-state index contributed by atoms with van der Waals surface area (Å²) in [7, 11) is 0. The fourth-order valence-electron chi connectivity index (χ4n) is 2.79. The van der Waals surface area contributed by atoms with Crippen LogP contribution in [0.5, 0.6) is 0 Å². The van der Waals surface area contributed by atoms with Gasteiger partial charge in [0.05, 0.1) is 0 Å². The number of aliphatic hydroxyl groups is 1. The van der Waals surface area contributed by atoms with Gasteiger partial charge < -0.3 is 20.8 Å². The fraction of sp³-hybridized carbons (Fsp3) is 0.647. The van der Waals surface area contributed by atoms with E-state index in [0.29, 0.717) is 12.5 Å². The molecule has 0 aliphatic carbocycles. The van der Waals surface area contributed by atoms with E-state index in [1.54, 1.807) is 0 Å². The molecule has 0 amide bonds. The first-order chi connectivity index (χ1) is 11.1. The summed E-state index contributed by atoms with van der Waals surface area (Å²) in [6.07, 6.45) is 4.33. The number of carboxylic acids is 1. The van der Waals surface area contributed by atoms with Crippen molar-refractivity contribution in [3.05, 3.63) is 23.4 Å². The number of aryl methyl sites for hydroxylation is 2. The van der Waals surface area contributed by atoms with Gasteiger partial charge in [0, 0.05) is 18.8 Å². The first kappa shape index (κ1) is 17.7. The molecule has 1 aliphatic heterocycles. The van der Waals surface area contributed by atoms with Gasteiger partial charge in [-0.15, -0.1) is 0 Å². The molecule has 2 atom stereocenters. The van der Waals surface area contributed by atoms with Crippen LogP contribution in [0.3, 0.4) is 0 Å². The topological polar surface area (TPSA) is 94.5 Å². The number of fused-ring (bicyclic) bond motifs is 1. The van der Waals surface area contributed by atoms with E-state index in [4.69, 9.17) is 10.2 Å². The van der Waals surface area contributed by atoms with Gasteiger partial charge in [-0.3, -0.25) is 4.79 Å². The Morgan fingerprint density at radius 3 is 3.00 bits per heavy atom. The molecule has 1 unspecified atom stereocenters. The van der Waals surface area contributed by atoms with E-state index in [1.165, 1.54) is 5.56 Å². The fourth-order valence-corrected chi connectivity index (χ4v) is 2.79. The molecule has 6 nitrogen and oxygen atoms in total. The van der Waals surface area contributed by atoms with Crippen LogP contribution in [-0.2, 0) is 17.6 Å². The first-order valence-electron chi connectivity index (χ1n) is 8.40. The zero-order chi connectivity index (χ0) is 16.7. The lowest BCUT2D eigenvalue weighted by Crippen LogP contribution is -2.39. The van der Waals surface area contributed by atoms with E-state index >= 15 is 0 Å². The van der Waals surface area contributed by atoms with Gasteiger partial charge in [0.15, 0.2) is 0 Å². The lowest BCUT2D eigenvalue weighted by molar-refractivity contribution is -0.139. The lowest BCUT2D eigenvalue weighted by atomic mass is 10.0. The molecule has 0 saturated heterocycles. The minimum absolute atomic E-state index is 0.121. The molecule has 0 aromatic carbocycles. The number of aromatic nitrogens is 1. The number of pyridine rings is 1. The number of hydrogen-bond donors (Lipinski definition) is 4. The molecule has 1 aromatic rings. The Morgan fingerprint density at radius 1 is 1.43 bits per heavy atom. The molecule has 23 heavy (non-hydrogen) atoms. The maximum absolute atomic E-state index is 11.0. The summed E-state index contributed by atoms with van der Waals surface area (Å²) in [4.78, 5) is 15.7. The van der Waals surface area contributed by atoms with E-state index in [9.17, 15) is 4.79 Å². The highest BCUT2D eigenvalue weighted by atomic mass is 16.4. The third-order valence-electron chi connectivity index (χ3n) is 4.27. The number of nitrogens with zero attached hydrogens (tertiary/aromatic N) is 1. The molecule has 0 saturated carbocycles. The molecule has 2 heterocycles. The summed E-state index contributed by atoms with van der Waals surface area (Å²) >= 11 is 0. The van der Waals surface area contributed by atoms with Crippen molar-refractivity contribution in [1.82, 2.24) is 10.3 Å². The number of anilines is 1. The average Bonchev–Trinajstić information content (AvgIpc) is 2.56. The Balaban J connectivity index is 1.77. The van der Waals surface area contributed by atoms with Crippen LogP contribution < -0.4 is 10.6 Å². The molecule has 0 radical (unpaired) electrons. The van der Waals surface area contributed by atoms with Crippen molar-refractivity contribution in [2.75, 3.05) is 25.0 Å². The van der Waals surface area contributed by atoms with Gasteiger partial charge in [0.25, 0.3) is 0 Å². The van der Waals surface area contributed by atoms with Gasteiger partial charge in [-0.05, 0) is 56.2 Å². The molecule has 1 aromatic heterocycles. The van der Waals surface area contributed by atoms with Gasteiger partial charge in [-0.2, -0.15) is 0 Å². The minimum Gasteiger partial charge on any atom is -0.480 e. The van der Waals surface area contributed by atoms with Crippen molar-refractivity contribution in [3.63, 3.8) is 0 Å². The van der Waals surface area contributed by atoms with E-state index < -0.39 is 12.0 Å². The molecule has 4 N–H and O–H groups in total. The van der Waals surface area contributed by atoms with Gasteiger partial charge in [0.1, 0.15) is 11.9 Å². The largest absolute Gasteiger partial charge is 0.480 e. The van der Waals surface area contributed by atoms with Crippen LogP contribution in [-0.4, -0.2) is 46.9 Å². The summed E-state index contributed by atoms with van der Waals surface area (Å²) in [6, 6.07) is 3.58. The van der Waals surface area contributed by atoms with Crippen molar-refractivity contribution in [3.8, 4) is 0 Å². The van der Waals surface area contributed by atoms with E-state index in [-0.39, 0.29) is 13.0 Å². The van der Waals surface area contributed by atoms with E-state index in [2.05, 4.69) is 34.7 Å². The van der Waals surface area contributed by atoms with Crippen LogP contribution in [0.1, 0.15) is 37.4 Å². The van der Waals surface area contributed by atoms with Gasteiger partial charge in [0.2, 0.25) is 0 Å². The van der Waals surface area contributed by atoms with Crippen molar-refractivity contribution in [1.29, 1.82) is 0 Å². The van der Waals surface area contributed by atoms with Gasteiger partial charge >= 0.3 is 5.97 Å². The molecule has 2 rings (SSSR count). The number of carboxylic acid groups (broad SMARTS) is 1. The smallest absolute Gasteiger partial charge is 0.320 e. The average molecular weight is 321 g/mol. The van der Waals surface area contributed by atoms with Crippen molar-refractivity contribution in [2.45, 2.75) is 45.1 Å². The standard InChI is InChI=1S/C17H27N3O3/c1-12(11-19-15(8-10-21)17(22)23)4-6-14-7-5-13-3-2-9-18-16(13)20-14/h5,7,12,15,19,21H,2-4,6,8-11H2,1H3,(H,18,20)(H,22,23)/t12?,15-/m0/s1. The van der Waals surface area contributed by atoms with Crippen LogP contribution in [0, 0.1) is 5.92 Å². The van der Waals surface area contributed by atoms with Crippen LogP contribution in [0.2, 0.25) is 0 Å². The molecular formula is C17H27N3O3. The maximum atomic E-state index is 11.0. The predicted octanol–water partition coefficient (Wildman–Crippen LogP) is 1.43. The quantitative estimate of drug-likeness (QED) is 0.550. The van der Waals surface area contributed by atoms with E-state index in [0.717, 1.165) is 43.7 Å². The lowest BCUT2D eigenvalue weighted by Gasteiger charge is -2.19. The second kappa shape index (κ2) is 8.84. The van der Waals surface area contributed by atoms with Crippen LogP contribution in [0.4, 0.5) is 5.82 Å². The Morgan fingerprint density at radius 2 is 2.26 bits per heavy atom. The minimum atomic E-state index is -0.909. The summed E-state index contributed by atoms with van der Waals surface area (Å²) in [6.45, 7) is 3.59. The van der Waals surface area contributed by atoms with Crippen molar-refractivity contribution in [2.24, 2.45) is 5.92 Å². The number of carbonyl (C=O) groups is 1. The number of nitrogens with one attached hydrogen (secondary N) is 2. The first-order valence-corrected chi connectivity index (χ1v) is 8.40. The highest BCUT2D eigenvalue weighted by Crippen LogP contribution is 2.20. The third kappa shape index (κ3) is 5.48. The molecule has 1 aliphatic rings. The zero-order valence-electron chi connectivity index (χ0n) is 13.7. The summed E-state index contributed by atoms with van der Waals surface area (Å²) < 4.78 is 0. The maximum Gasteiger partial charge on any atom is 0.320 e. The predicted molar refractivity (Wildman–Crippen MR) is 89.7 cm³/mol. The highest BCUT2D eigenvalue weighted by molar-refractivity contribution is 5.73. The van der Waals surface area contributed by atoms with E-state index in [1.807, 2.05) is 0 Å². The molecule has 128 valence electrons. The Kier molecular flexibility index (Phi) is 6.80. The Bertz CT molecular complexity index is 522. The molecule has 0 bridgehead atoms. The number of aliphatic hydroxyl groups excluding tert-OH is 1. The SMILES string of the molecule is CC(CCc1ccc2c(n1)NCCC2)CN[C@@H](CCO)C(=O)O. The van der Waals surface area contributed by atoms with Gasteiger partial charge in [-0.25, -0.2) is 4.98 Å². The monoisotopic (exact) mass is 321 g/mol. The normalized spacial score (nSPS) is 16.3. The van der Waals surface area contributed by atoms with Crippen LogP contribution >= 0.6 is 0 Å². The molecule has 6 heteroatoms. The third-order valence-corrected chi connectivity index (χ3v) is 4.27. The zero-order valence-corrected chi connectivity index (χ0v) is 13.7. The summed E-state index contributed by atoms with van der Waals surface area (Å²) in [5.41, 5.74) is 2.37. The summed E-state index contributed by atoms with van der Waals surface area (Å²) in [5.74, 6) is 0.462. The molecule has 0 fully saturated rings. The number of aliphatic carboxylic acids is 1.